The highest BCUT2D eigenvalue weighted by atomic mass is 32.1. The lowest BCUT2D eigenvalue weighted by atomic mass is 10.0. The molecule has 2 aromatic carbocycles. The number of pyridine rings is 1. The molecule has 4 aromatic rings. The van der Waals surface area contributed by atoms with Crippen molar-refractivity contribution in [2.75, 3.05) is 0 Å². The first-order valence-electron chi connectivity index (χ1n) is 9.13. The third-order valence-corrected chi connectivity index (χ3v) is 5.63. The van der Waals surface area contributed by atoms with E-state index >= 15 is 0 Å². The van der Waals surface area contributed by atoms with Gasteiger partial charge in [-0.25, -0.2) is 9.37 Å². The molecular weight excluding hydrogens is 435 g/mol. The van der Waals surface area contributed by atoms with E-state index in [0.717, 1.165) is 11.5 Å². The molecule has 8 nitrogen and oxygen atoms in total. The molecule has 32 heavy (non-hydrogen) atoms. The Morgan fingerprint density at radius 2 is 1.66 bits per heavy atom. The maximum Gasteiger partial charge on any atom is 0.328 e. The number of fused-ring (bicyclic) bond motifs is 1. The molecule has 4 rings (SSSR count). The van der Waals surface area contributed by atoms with Gasteiger partial charge in [0.05, 0.1) is 33.1 Å². The van der Waals surface area contributed by atoms with Crippen LogP contribution in [0.5, 0.6) is 5.75 Å². The van der Waals surface area contributed by atoms with Gasteiger partial charge in [0.2, 0.25) is 5.78 Å². The Balaban J connectivity index is 2.03. The van der Waals surface area contributed by atoms with Crippen LogP contribution in [0.3, 0.4) is 0 Å². The molecule has 0 aliphatic heterocycles. The summed E-state index contributed by atoms with van der Waals surface area (Å²) in [6, 6.07) is 11.8. The SMILES string of the molecule is N#Cc1ccc(-c2nc(C(=O)C(N)C(=O)O)c(O)c3c(-c4ccc(F)cc4)nsc23)cc1. The third kappa shape index (κ3) is 3.56. The molecule has 0 aliphatic rings. The van der Waals surface area contributed by atoms with E-state index < -0.39 is 35.1 Å². The van der Waals surface area contributed by atoms with Crippen molar-refractivity contribution >= 4 is 33.4 Å². The number of carbonyl (C=O) groups is 2. The lowest BCUT2D eigenvalue weighted by molar-refractivity contribution is -0.137. The van der Waals surface area contributed by atoms with Crippen LogP contribution in [-0.2, 0) is 4.79 Å². The van der Waals surface area contributed by atoms with Crippen LogP contribution in [-0.4, -0.2) is 37.4 Å². The van der Waals surface area contributed by atoms with Crippen molar-refractivity contribution in [2.24, 2.45) is 5.73 Å². The summed E-state index contributed by atoms with van der Waals surface area (Å²) in [5, 5.41) is 29.3. The zero-order valence-corrected chi connectivity index (χ0v) is 16.9. The highest BCUT2D eigenvalue weighted by Crippen LogP contribution is 2.43. The molecule has 0 bridgehead atoms. The number of rotatable bonds is 5. The van der Waals surface area contributed by atoms with Crippen LogP contribution in [0.25, 0.3) is 32.6 Å². The molecule has 10 heteroatoms. The average Bonchev–Trinajstić information content (AvgIpc) is 3.25. The van der Waals surface area contributed by atoms with Gasteiger partial charge in [-0.3, -0.25) is 9.59 Å². The van der Waals surface area contributed by atoms with Crippen LogP contribution < -0.4 is 5.73 Å². The summed E-state index contributed by atoms with van der Waals surface area (Å²) in [6.07, 6.45) is 0. The Morgan fingerprint density at radius 3 is 2.25 bits per heavy atom. The van der Waals surface area contributed by atoms with E-state index in [1.165, 1.54) is 24.3 Å². The summed E-state index contributed by atoms with van der Waals surface area (Å²) in [6.45, 7) is 0. The largest absolute Gasteiger partial charge is 0.505 e. The second kappa shape index (κ2) is 8.14. The number of hydrogen-bond donors (Lipinski definition) is 3. The molecule has 0 aliphatic carbocycles. The smallest absolute Gasteiger partial charge is 0.328 e. The van der Waals surface area contributed by atoms with E-state index in [4.69, 9.17) is 16.1 Å². The Morgan fingerprint density at radius 1 is 1.06 bits per heavy atom. The van der Waals surface area contributed by atoms with E-state index in [1.54, 1.807) is 24.3 Å². The van der Waals surface area contributed by atoms with Crippen molar-refractivity contribution in [1.29, 1.82) is 5.26 Å². The van der Waals surface area contributed by atoms with Crippen molar-refractivity contribution in [3.8, 4) is 34.3 Å². The maximum absolute atomic E-state index is 13.4. The molecule has 158 valence electrons. The number of halogens is 1. The normalized spacial score (nSPS) is 11.8. The highest BCUT2D eigenvalue weighted by molar-refractivity contribution is 7.14. The van der Waals surface area contributed by atoms with Crippen LogP contribution in [0.4, 0.5) is 4.39 Å². The number of aromatic nitrogens is 2. The van der Waals surface area contributed by atoms with Gasteiger partial charge in [-0.1, -0.05) is 12.1 Å². The molecule has 0 fully saturated rings. The van der Waals surface area contributed by atoms with E-state index in [2.05, 4.69) is 9.36 Å². The fourth-order valence-electron chi connectivity index (χ4n) is 3.14. The molecule has 4 N–H and O–H groups in total. The minimum absolute atomic E-state index is 0.164. The Hall–Kier alpha value is -4.20. The minimum atomic E-state index is -1.93. The number of Topliss-reactive ketones (excluding diaryl/α,β-unsaturated/α-hetero) is 1. The number of nitriles is 1. The number of benzene rings is 2. The topological polar surface area (TPSA) is 150 Å². The summed E-state index contributed by atoms with van der Waals surface area (Å²) < 4.78 is 18.2. The number of carboxylic acid groups (broad SMARTS) is 1. The molecule has 0 saturated carbocycles. The van der Waals surface area contributed by atoms with Gasteiger partial charge in [0.15, 0.2) is 17.5 Å². The van der Waals surface area contributed by atoms with Crippen LogP contribution >= 0.6 is 11.5 Å². The van der Waals surface area contributed by atoms with Crippen molar-refractivity contribution in [3.05, 3.63) is 65.6 Å². The quantitative estimate of drug-likeness (QED) is 0.311. The highest BCUT2D eigenvalue weighted by Gasteiger charge is 2.30. The standard InChI is InChI=1S/C22H13FN4O4S/c23-13-7-5-11(6-8-13)16-14-19(28)18(20(29)15(25)22(30)31)26-17(21(14)32-27-16)12-3-1-10(9-24)2-4-12/h1-8,15,28H,25H2,(H,30,31). The minimum Gasteiger partial charge on any atom is -0.505 e. The zero-order valence-electron chi connectivity index (χ0n) is 16.1. The molecule has 0 saturated heterocycles. The monoisotopic (exact) mass is 448 g/mol. The Kier molecular flexibility index (Phi) is 5.36. The molecule has 0 radical (unpaired) electrons. The summed E-state index contributed by atoms with van der Waals surface area (Å²) in [4.78, 5) is 28.2. The fourth-order valence-corrected chi connectivity index (χ4v) is 4.05. The van der Waals surface area contributed by atoms with Gasteiger partial charge < -0.3 is 15.9 Å². The van der Waals surface area contributed by atoms with E-state index in [0.29, 0.717) is 21.4 Å². The molecule has 2 aromatic heterocycles. The van der Waals surface area contributed by atoms with E-state index in [1.807, 2.05) is 6.07 Å². The van der Waals surface area contributed by atoms with E-state index in [-0.39, 0.29) is 16.8 Å². The molecule has 1 atom stereocenters. The van der Waals surface area contributed by atoms with Gasteiger partial charge >= 0.3 is 5.97 Å². The van der Waals surface area contributed by atoms with Gasteiger partial charge in [0, 0.05) is 11.1 Å². The summed E-state index contributed by atoms with van der Waals surface area (Å²) >= 11 is 1.00. The van der Waals surface area contributed by atoms with Gasteiger partial charge in [-0.15, -0.1) is 0 Å². The Bertz CT molecular complexity index is 1410. The molecule has 0 amide bonds. The molecular formula is C22H13FN4O4S. The van der Waals surface area contributed by atoms with Crippen LogP contribution in [0, 0.1) is 17.1 Å². The Labute approximate surface area is 184 Å². The molecule has 0 spiro atoms. The van der Waals surface area contributed by atoms with Gasteiger partial charge in [-0.05, 0) is 47.9 Å². The van der Waals surface area contributed by atoms with E-state index in [9.17, 15) is 19.1 Å². The fraction of sp³-hybridized carbons (Fsp3) is 0.0455. The first kappa shape index (κ1) is 21.0. The van der Waals surface area contributed by atoms with Crippen LogP contribution in [0.15, 0.2) is 48.5 Å². The van der Waals surface area contributed by atoms with Crippen molar-refractivity contribution in [3.63, 3.8) is 0 Å². The maximum atomic E-state index is 13.4. The number of ketones is 1. The summed E-state index contributed by atoms with van der Waals surface area (Å²) in [5.41, 5.74) is 6.90. The van der Waals surface area contributed by atoms with Crippen LogP contribution in [0.2, 0.25) is 0 Å². The molecule has 2 heterocycles. The number of carboxylic acids is 1. The van der Waals surface area contributed by atoms with Crippen molar-refractivity contribution < 1.29 is 24.2 Å². The molecule has 1 unspecified atom stereocenters. The summed E-state index contributed by atoms with van der Waals surface area (Å²) in [5.74, 6) is -3.67. The summed E-state index contributed by atoms with van der Waals surface area (Å²) in [7, 11) is 0. The second-order valence-corrected chi connectivity index (χ2v) is 7.54. The average molecular weight is 448 g/mol. The number of nitrogens with zero attached hydrogens (tertiary/aromatic N) is 3. The second-order valence-electron chi connectivity index (χ2n) is 6.77. The first-order chi connectivity index (χ1) is 15.3. The lowest BCUT2D eigenvalue weighted by Gasteiger charge is -2.12. The number of hydrogen-bond acceptors (Lipinski definition) is 8. The number of carbonyl (C=O) groups excluding carboxylic acids is 1. The van der Waals surface area contributed by atoms with Crippen molar-refractivity contribution in [1.82, 2.24) is 9.36 Å². The van der Waals surface area contributed by atoms with Gasteiger partial charge in [0.25, 0.3) is 0 Å². The predicted molar refractivity (Wildman–Crippen MR) is 115 cm³/mol. The number of aliphatic carboxylic acids is 1. The first-order valence-corrected chi connectivity index (χ1v) is 9.90. The number of nitrogens with two attached hydrogens (primary N) is 1. The van der Waals surface area contributed by atoms with Gasteiger partial charge in [-0.2, -0.15) is 9.64 Å². The zero-order chi connectivity index (χ0) is 23.0. The number of aromatic hydroxyl groups is 1. The van der Waals surface area contributed by atoms with Crippen molar-refractivity contribution in [2.45, 2.75) is 6.04 Å². The van der Waals surface area contributed by atoms with Gasteiger partial charge in [0.1, 0.15) is 5.82 Å². The lowest BCUT2D eigenvalue weighted by Crippen LogP contribution is -2.39. The third-order valence-electron chi connectivity index (χ3n) is 4.78. The predicted octanol–water partition coefficient (Wildman–Crippen LogP) is 3.34. The van der Waals surface area contributed by atoms with Crippen LogP contribution in [0.1, 0.15) is 16.1 Å².